The first-order chi connectivity index (χ1) is 14.7. The van der Waals surface area contributed by atoms with Crippen molar-refractivity contribution in [1.82, 2.24) is 15.2 Å². The fourth-order valence-electron chi connectivity index (χ4n) is 3.56. The van der Waals surface area contributed by atoms with Crippen molar-refractivity contribution in [3.8, 4) is 17.4 Å². The van der Waals surface area contributed by atoms with Crippen molar-refractivity contribution in [2.75, 3.05) is 20.1 Å². The highest BCUT2D eigenvalue weighted by Crippen LogP contribution is 2.20. The number of para-hydroxylation sites is 1. The number of rotatable bonds is 8. The van der Waals surface area contributed by atoms with Crippen LogP contribution in [-0.4, -0.2) is 36.1 Å². The molecule has 156 valence electrons. The number of nitrogens with one attached hydrogen (secondary N) is 1. The van der Waals surface area contributed by atoms with Crippen molar-refractivity contribution in [3.05, 3.63) is 84.1 Å². The first-order valence-electron chi connectivity index (χ1n) is 10.6. The van der Waals surface area contributed by atoms with E-state index in [0.29, 0.717) is 12.0 Å². The van der Waals surface area contributed by atoms with Gasteiger partial charge in [-0.05, 0) is 55.3 Å². The fraction of sp³-hybridized carbons (Fsp3) is 0.320. The second-order valence-electron chi connectivity index (χ2n) is 7.79. The molecule has 1 fully saturated rings. The Morgan fingerprint density at radius 3 is 2.43 bits per heavy atom. The van der Waals surface area contributed by atoms with Gasteiger partial charge in [0, 0.05) is 38.4 Å². The Hall–Kier alpha value is -2.89. The standard InChI is InChI=1S/C25H29N3O2/c1-28-14-12-23(13-15-28)29-24-9-5-6-20(16-24)17-26-18-21-10-11-25(27-19-21)30-22-7-3-2-4-8-22/h2-11,16,19,23,26H,12-15,17-18H2,1H3. The summed E-state index contributed by atoms with van der Waals surface area (Å²) in [6.07, 6.45) is 4.36. The van der Waals surface area contributed by atoms with Gasteiger partial charge in [-0.2, -0.15) is 0 Å². The molecule has 1 N–H and O–H groups in total. The lowest BCUT2D eigenvalue weighted by molar-refractivity contribution is 0.114. The molecule has 1 aromatic heterocycles. The van der Waals surface area contributed by atoms with Crippen LogP contribution < -0.4 is 14.8 Å². The number of pyridine rings is 1. The van der Waals surface area contributed by atoms with Crippen LogP contribution in [0.15, 0.2) is 72.9 Å². The maximum atomic E-state index is 6.19. The van der Waals surface area contributed by atoms with Crippen LogP contribution in [0.3, 0.4) is 0 Å². The van der Waals surface area contributed by atoms with Gasteiger partial charge in [-0.3, -0.25) is 0 Å². The van der Waals surface area contributed by atoms with Gasteiger partial charge in [0.1, 0.15) is 17.6 Å². The number of likely N-dealkylation sites (tertiary alicyclic amines) is 1. The minimum atomic E-state index is 0.326. The average Bonchev–Trinajstić information content (AvgIpc) is 2.78. The molecule has 30 heavy (non-hydrogen) atoms. The number of hydrogen-bond acceptors (Lipinski definition) is 5. The second-order valence-corrected chi connectivity index (χ2v) is 7.79. The molecular formula is C25H29N3O2. The molecule has 1 aliphatic rings. The molecule has 0 spiro atoms. The van der Waals surface area contributed by atoms with Gasteiger partial charge in [0.25, 0.3) is 0 Å². The summed E-state index contributed by atoms with van der Waals surface area (Å²) in [5.74, 6) is 2.36. The van der Waals surface area contributed by atoms with Crippen molar-refractivity contribution in [2.45, 2.75) is 32.0 Å². The molecule has 0 aliphatic carbocycles. The van der Waals surface area contributed by atoms with Gasteiger partial charge >= 0.3 is 0 Å². The number of ether oxygens (including phenoxy) is 2. The van der Waals surface area contributed by atoms with Gasteiger partial charge in [-0.25, -0.2) is 4.98 Å². The Labute approximate surface area is 178 Å². The highest BCUT2D eigenvalue weighted by molar-refractivity contribution is 5.29. The van der Waals surface area contributed by atoms with Gasteiger partial charge in [0.2, 0.25) is 5.88 Å². The quantitative estimate of drug-likeness (QED) is 0.594. The molecule has 0 saturated carbocycles. The van der Waals surface area contributed by atoms with E-state index in [2.05, 4.69) is 46.5 Å². The fourth-order valence-corrected chi connectivity index (χ4v) is 3.56. The summed E-state index contributed by atoms with van der Waals surface area (Å²) in [6, 6.07) is 22.0. The first-order valence-corrected chi connectivity index (χ1v) is 10.6. The summed E-state index contributed by atoms with van der Waals surface area (Å²) in [5, 5.41) is 3.48. The summed E-state index contributed by atoms with van der Waals surface area (Å²) < 4.78 is 11.9. The van der Waals surface area contributed by atoms with Gasteiger partial charge in [-0.15, -0.1) is 0 Å². The number of piperidine rings is 1. The lowest BCUT2D eigenvalue weighted by Gasteiger charge is -2.29. The molecule has 2 aromatic carbocycles. The van der Waals surface area contributed by atoms with E-state index >= 15 is 0 Å². The summed E-state index contributed by atoms with van der Waals surface area (Å²) >= 11 is 0. The average molecular weight is 404 g/mol. The maximum absolute atomic E-state index is 6.19. The van der Waals surface area contributed by atoms with E-state index in [0.717, 1.165) is 56.1 Å². The van der Waals surface area contributed by atoms with Gasteiger partial charge in [-0.1, -0.05) is 36.4 Å². The van der Waals surface area contributed by atoms with Crippen LogP contribution >= 0.6 is 0 Å². The lowest BCUT2D eigenvalue weighted by Crippen LogP contribution is -2.35. The maximum Gasteiger partial charge on any atom is 0.219 e. The van der Waals surface area contributed by atoms with Gasteiger partial charge < -0.3 is 19.7 Å². The zero-order valence-corrected chi connectivity index (χ0v) is 17.5. The molecule has 0 atom stereocenters. The molecule has 0 unspecified atom stereocenters. The largest absolute Gasteiger partial charge is 0.490 e. The lowest BCUT2D eigenvalue weighted by atomic mass is 10.1. The zero-order chi connectivity index (χ0) is 20.6. The summed E-state index contributed by atoms with van der Waals surface area (Å²) in [7, 11) is 2.17. The molecule has 1 saturated heterocycles. The molecule has 4 rings (SSSR count). The SMILES string of the molecule is CN1CCC(Oc2cccc(CNCc3ccc(Oc4ccccc4)nc3)c2)CC1. The van der Waals surface area contributed by atoms with E-state index in [1.165, 1.54) is 5.56 Å². The van der Waals surface area contributed by atoms with E-state index in [4.69, 9.17) is 9.47 Å². The molecule has 5 nitrogen and oxygen atoms in total. The summed E-state index contributed by atoms with van der Waals surface area (Å²) in [4.78, 5) is 6.75. The van der Waals surface area contributed by atoms with E-state index in [1.54, 1.807) is 0 Å². The molecule has 3 aromatic rings. The number of nitrogens with zero attached hydrogens (tertiary/aromatic N) is 2. The second kappa shape index (κ2) is 10.2. The molecule has 5 heteroatoms. The van der Waals surface area contributed by atoms with Crippen molar-refractivity contribution in [1.29, 1.82) is 0 Å². The van der Waals surface area contributed by atoms with Crippen LogP contribution in [0.5, 0.6) is 17.4 Å². The molecular weight excluding hydrogens is 374 g/mol. The number of benzene rings is 2. The molecule has 2 heterocycles. The van der Waals surface area contributed by atoms with Gasteiger partial charge in [0.15, 0.2) is 0 Å². The number of aromatic nitrogens is 1. The Balaban J connectivity index is 1.24. The predicted molar refractivity (Wildman–Crippen MR) is 119 cm³/mol. The summed E-state index contributed by atoms with van der Waals surface area (Å²) in [6.45, 7) is 3.75. The van der Waals surface area contributed by atoms with Gasteiger partial charge in [0.05, 0.1) is 0 Å². The Morgan fingerprint density at radius 1 is 0.900 bits per heavy atom. The topological polar surface area (TPSA) is 46.6 Å². The first kappa shape index (κ1) is 20.4. The van der Waals surface area contributed by atoms with Crippen LogP contribution in [0.2, 0.25) is 0 Å². The Bertz CT molecular complexity index is 907. The number of hydrogen-bond donors (Lipinski definition) is 1. The molecule has 0 bridgehead atoms. The zero-order valence-electron chi connectivity index (χ0n) is 17.5. The normalized spacial score (nSPS) is 15.1. The minimum absolute atomic E-state index is 0.326. The van der Waals surface area contributed by atoms with Crippen LogP contribution in [0.1, 0.15) is 24.0 Å². The van der Waals surface area contributed by atoms with E-state index in [9.17, 15) is 0 Å². The molecule has 0 radical (unpaired) electrons. The smallest absolute Gasteiger partial charge is 0.219 e. The Morgan fingerprint density at radius 2 is 1.67 bits per heavy atom. The van der Waals surface area contributed by atoms with Crippen LogP contribution in [0.4, 0.5) is 0 Å². The van der Waals surface area contributed by atoms with Crippen LogP contribution in [-0.2, 0) is 13.1 Å². The Kier molecular flexibility index (Phi) is 6.95. The van der Waals surface area contributed by atoms with Crippen LogP contribution in [0.25, 0.3) is 0 Å². The van der Waals surface area contributed by atoms with Crippen molar-refractivity contribution < 1.29 is 9.47 Å². The van der Waals surface area contributed by atoms with Crippen molar-refractivity contribution in [3.63, 3.8) is 0 Å². The molecule has 0 amide bonds. The van der Waals surface area contributed by atoms with E-state index < -0.39 is 0 Å². The summed E-state index contributed by atoms with van der Waals surface area (Å²) in [5.41, 5.74) is 2.34. The third-order valence-corrected chi connectivity index (χ3v) is 5.29. The highest BCUT2D eigenvalue weighted by atomic mass is 16.5. The predicted octanol–water partition coefficient (Wildman–Crippen LogP) is 4.64. The molecule has 1 aliphatic heterocycles. The van der Waals surface area contributed by atoms with Crippen molar-refractivity contribution in [2.24, 2.45) is 0 Å². The van der Waals surface area contributed by atoms with Crippen LogP contribution in [0, 0.1) is 0 Å². The highest BCUT2D eigenvalue weighted by Gasteiger charge is 2.17. The third-order valence-electron chi connectivity index (χ3n) is 5.29. The monoisotopic (exact) mass is 403 g/mol. The van der Waals surface area contributed by atoms with E-state index in [-0.39, 0.29) is 0 Å². The van der Waals surface area contributed by atoms with Crippen molar-refractivity contribution >= 4 is 0 Å². The third kappa shape index (κ3) is 6.05. The minimum Gasteiger partial charge on any atom is -0.490 e. The van der Waals surface area contributed by atoms with E-state index in [1.807, 2.05) is 48.7 Å².